The smallest absolute Gasteiger partial charge is 0.191 e. The monoisotopic (exact) mass is 327 g/mol. The molecule has 0 amide bonds. The van der Waals surface area contributed by atoms with Crippen molar-refractivity contribution in [3.8, 4) is 10.7 Å². The van der Waals surface area contributed by atoms with E-state index in [9.17, 15) is 0 Å². The fraction of sp³-hybridized carbons (Fsp3) is 0.167. The van der Waals surface area contributed by atoms with Crippen LogP contribution in [0.25, 0.3) is 10.7 Å². The first-order chi connectivity index (χ1) is 9.24. The van der Waals surface area contributed by atoms with Gasteiger partial charge in [-0.25, -0.2) is 0 Å². The summed E-state index contributed by atoms with van der Waals surface area (Å²) in [5.41, 5.74) is 0. The third-order valence-electron chi connectivity index (χ3n) is 2.55. The summed E-state index contributed by atoms with van der Waals surface area (Å²) in [6.07, 6.45) is 0. The molecule has 19 heavy (non-hydrogen) atoms. The van der Waals surface area contributed by atoms with E-state index in [-0.39, 0.29) is 0 Å². The van der Waals surface area contributed by atoms with E-state index in [1.165, 1.54) is 4.88 Å². The molecule has 3 aromatic rings. The molecule has 3 heterocycles. The van der Waals surface area contributed by atoms with E-state index < -0.39 is 0 Å². The van der Waals surface area contributed by atoms with Crippen LogP contribution in [0.1, 0.15) is 4.88 Å². The second kappa shape index (κ2) is 5.66. The molecule has 98 valence electrons. The lowest BCUT2D eigenvalue weighted by molar-refractivity contribution is 0.795. The van der Waals surface area contributed by atoms with Crippen LogP contribution < -0.4 is 0 Å². The Labute approximate surface area is 128 Å². The maximum absolute atomic E-state index is 5.92. The largest absolute Gasteiger partial charge is 0.304 e. The maximum atomic E-state index is 5.92. The molecule has 3 nitrogen and oxygen atoms in total. The van der Waals surface area contributed by atoms with Gasteiger partial charge in [0.1, 0.15) is 0 Å². The zero-order valence-electron chi connectivity index (χ0n) is 10.0. The fourth-order valence-corrected chi connectivity index (χ4v) is 4.41. The number of hydrogen-bond donors (Lipinski definition) is 0. The second-order valence-corrected chi connectivity index (χ2v) is 7.53. The first-order valence-corrected chi connectivity index (χ1v) is 8.60. The number of nitrogens with zero attached hydrogens (tertiary/aromatic N) is 3. The summed E-state index contributed by atoms with van der Waals surface area (Å²) in [6.45, 7) is 0. The van der Waals surface area contributed by atoms with Gasteiger partial charge in [0.2, 0.25) is 0 Å². The van der Waals surface area contributed by atoms with Crippen molar-refractivity contribution in [3.05, 3.63) is 38.9 Å². The van der Waals surface area contributed by atoms with Gasteiger partial charge in [0.15, 0.2) is 11.0 Å². The summed E-state index contributed by atoms with van der Waals surface area (Å²) in [5.74, 6) is 1.79. The number of thiophene rings is 2. The van der Waals surface area contributed by atoms with E-state index in [0.29, 0.717) is 0 Å². The first-order valence-electron chi connectivity index (χ1n) is 5.54. The molecule has 0 aliphatic carbocycles. The van der Waals surface area contributed by atoms with Crippen LogP contribution in [0.2, 0.25) is 4.34 Å². The van der Waals surface area contributed by atoms with Gasteiger partial charge in [-0.05, 0) is 23.6 Å². The van der Waals surface area contributed by atoms with E-state index in [2.05, 4.69) is 22.3 Å². The predicted octanol–water partition coefficient (Wildman–Crippen LogP) is 4.55. The molecule has 0 saturated carbocycles. The molecular formula is C12H10ClN3S3. The van der Waals surface area contributed by atoms with E-state index in [0.717, 1.165) is 25.9 Å². The molecule has 0 fully saturated rings. The van der Waals surface area contributed by atoms with Gasteiger partial charge in [-0.15, -0.1) is 32.9 Å². The van der Waals surface area contributed by atoms with Crippen LogP contribution in [0.4, 0.5) is 0 Å². The molecule has 0 radical (unpaired) electrons. The minimum absolute atomic E-state index is 0.827. The minimum Gasteiger partial charge on any atom is -0.304 e. The van der Waals surface area contributed by atoms with Crippen molar-refractivity contribution in [2.75, 3.05) is 0 Å². The molecule has 0 aromatic carbocycles. The molecule has 0 spiro atoms. The predicted molar refractivity (Wildman–Crippen MR) is 83.2 cm³/mol. The molecule has 0 aliphatic rings. The van der Waals surface area contributed by atoms with Crippen molar-refractivity contribution >= 4 is 46.0 Å². The van der Waals surface area contributed by atoms with Gasteiger partial charge in [-0.1, -0.05) is 29.4 Å². The number of thioether (sulfide) groups is 1. The van der Waals surface area contributed by atoms with Crippen molar-refractivity contribution in [1.82, 2.24) is 14.8 Å². The number of hydrogen-bond acceptors (Lipinski definition) is 5. The number of rotatable bonds is 4. The van der Waals surface area contributed by atoms with Crippen molar-refractivity contribution in [1.29, 1.82) is 0 Å². The Morgan fingerprint density at radius 2 is 2.21 bits per heavy atom. The van der Waals surface area contributed by atoms with Gasteiger partial charge < -0.3 is 4.57 Å². The van der Waals surface area contributed by atoms with Crippen molar-refractivity contribution in [2.45, 2.75) is 10.9 Å². The zero-order chi connectivity index (χ0) is 13.2. The molecule has 0 saturated heterocycles. The van der Waals surface area contributed by atoms with E-state index in [1.54, 1.807) is 34.4 Å². The van der Waals surface area contributed by atoms with Crippen molar-refractivity contribution in [3.63, 3.8) is 0 Å². The summed E-state index contributed by atoms with van der Waals surface area (Å²) < 4.78 is 2.86. The third kappa shape index (κ3) is 2.86. The highest BCUT2D eigenvalue weighted by Crippen LogP contribution is 2.30. The van der Waals surface area contributed by atoms with Crippen LogP contribution in [0, 0.1) is 0 Å². The third-order valence-corrected chi connectivity index (χ3v) is 5.90. The zero-order valence-corrected chi connectivity index (χ0v) is 13.2. The second-order valence-electron chi connectivity index (χ2n) is 3.84. The SMILES string of the molecule is Cn1c(SCc2ccc(Cl)s2)nnc1-c1cccs1. The Morgan fingerprint density at radius 3 is 2.89 bits per heavy atom. The van der Waals surface area contributed by atoms with E-state index in [4.69, 9.17) is 11.6 Å². The molecule has 3 aromatic heterocycles. The van der Waals surface area contributed by atoms with Crippen LogP contribution >= 0.6 is 46.0 Å². The molecule has 0 aliphatic heterocycles. The molecule has 0 atom stereocenters. The van der Waals surface area contributed by atoms with Crippen LogP contribution in [0.15, 0.2) is 34.8 Å². The normalized spacial score (nSPS) is 11.1. The molecule has 0 bridgehead atoms. The minimum atomic E-state index is 0.827. The lowest BCUT2D eigenvalue weighted by atomic mass is 10.4. The first kappa shape index (κ1) is 13.2. The average Bonchev–Trinajstić information content (AvgIpc) is 3.09. The molecule has 0 unspecified atom stereocenters. The highest BCUT2D eigenvalue weighted by atomic mass is 35.5. The summed E-state index contributed by atoms with van der Waals surface area (Å²) in [7, 11) is 2.00. The fourth-order valence-electron chi connectivity index (χ4n) is 1.63. The number of aromatic nitrogens is 3. The van der Waals surface area contributed by atoms with Crippen LogP contribution in [-0.4, -0.2) is 14.8 Å². The highest BCUT2D eigenvalue weighted by molar-refractivity contribution is 7.98. The highest BCUT2D eigenvalue weighted by Gasteiger charge is 2.12. The molecule has 7 heteroatoms. The topological polar surface area (TPSA) is 30.7 Å². The van der Waals surface area contributed by atoms with E-state index >= 15 is 0 Å². The lowest BCUT2D eigenvalue weighted by Crippen LogP contribution is -1.93. The standard InChI is InChI=1S/C12H10ClN3S3/c1-16-11(9-3-2-6-17-9)14-15-12(16)18-7-8-4-5-10(13)19-8/h2-6H,7H2,1H3. The van der Waals surface area contributed by atoms with Crippen LogP contribution in [0.3, 0.4) is 0 Å². The van der Waals surface area contributed by atoms with Gasteiger partial charge in [0, 0.05) is 17.7 Å². The van der Waals surface area contributed by atoms with E-state index in [1.807, 2.05) is 29.1 Å². The summed E-state index contributed by atoms with van der Waals surface area (Å²) in [5, 5.41) is 11.5. The Kier molecular flexibility index (Phi) is 3.93. The van der Waals surface area contributed by atoms with Gasteiger partial charge in [0.05, 0.1) is 9.21 Å². The Balaban J connectivity index is 1.75. The van der Waals surface area contributed by atoms with Gasteiger partial charge >= 0.3 is 0 Å². The quantitative estimate of drug-likeness (QED) is 0.658. The lowest BCUT2D eigenvalue weighted by Gasteiger charge is -2.01. The van der Waals surface area contributed by atoms with Gasteiger partial charge in [0.25, 0.3) is 0 Å². The maximum Gasteiger partial charge on any atom is 0.191 e. The summed E-state index contributed by atoms with van der Waals surface area (Å²) in [4.78, 5) is 2.39. The van der Waals surface area contributed by atoms with Crippen molar-refractivity contribution < 1.29 is 0 Å². The van der Waals surface area contributed by atoms with Gasteiger partial charge in [-0.2, -0.15) is 0 Å². The Morgan fingerprint density at radius 1 is 1.32 bits per heavy atom. The molecular weight excluding hydrogens is 318 g/mol. The Hall–Kier alpha value is -0.820. The molecule has 0 N–H and O–H groups in total. The van der Waals surface area contributed by atoms with Gasteiger partial charge in [-0.3, -0.25) is 0 Å². The van der Waals surface area contributed by atoms with Crippen molar-refractivity contribution in [2.24, 2.45) is 7.05 Å². The number of halogens is 1. The summed E-state index contributed by atoms with van der Waals surface area (Å²) in [6, 6.07) is 8.06. The summed E-state index contributed by atoms with van der Waals surface area (Å²) >= 11 is 10.9. The molecule has 3 rings (SSSR count). The average molecular weight is 328 g/mol. The van der Waals surface area contributed by atoms with Crippen LogP contribution in [-0.2, 0) is 12.8 Å². The Bertz CT molecular complexity index is 672. The van der Waals surface area contributed by atoms with Crippen LogP contribution in [0.5, 0.6) is 0 Å².